The fourth-order valence-corrected chi connectivity index (χ4v) is 2.10. The third-order valence-corrected chi connectivity index (χ3v) is 3.02. The van der Waals surface area contributed by atoms with Gasteiger partial charge in [0.25, 0.3) is 0 Å². The minimum Gasteiger partial charge on any atom is -0.184 e. The maximum Gasteiger partial charge on any atom is 0.485 e. The molecule has 1 N–H and O–H groups in total. The molecule has 1 heterocycles. The quantitative estimate of drug-likeness (QED) is 0.604. The van der Waals surface area contributed by atoms with Crippen molar-refractivity contribution < 1.29 is 13.9 Å². The van der Waals surface area contributed by atoms with E-state index in [1.54, 1.807) is 0 Å². The van der Waals surface area contributed by atoms with E-state index in [2.05, 4.69) is 15.5 Å². The van der Waals surface area contributed by atoms with E-state index < -0.39 is 6.65 Å². The van der Waals surface area contributed by atoms with E-state index in [1.807, 2.05) is 0 Å². The second-order valence-corrected chi connectivity index (χ2v) is 5.58. The van der Waals surface area contributed by atoms with Gasteiger partial charge in [-0.25, -0.2) is 0 Å². The maximum atomic E-state index is 8.96. The molecular weight excluding hydrogens is 195 g/mol. The smallest absolute Gasteiger partial charge is 0.184 e. The third-order valence-electron chi connectivity index (χ3n) is 0.790. The second kappa shape index (κ2) is 2.58. The molecule has 5 heteroatoms. The molecule has 8 heavy (non-hydrogen) atoms. The predicted octanol–water partition coefficient (Wildman–Crippen LogP) is 1.49. The van der Waals surface area contributed by atoms with Crippen molar-refractivity contribution in [2.75, 3.05) is 13.2 Å². The number of hydrogen-bond donors (Lipinski definition) is 1. The summed E-state index contributed by atoms with van der Waals surface area (Å²) >= 11 is 2.91. The van der Waals surface area contributed by atoms with Crippen LogP contribution in [-0.2, 0) is 9.05 Å². The van der Waals surface area contributed by atoms with Crippen molar-refractivity contribution in [1.29, 1.82) is 0 Å². The lowest BCUT2D eigenvalue weighted by Crippen LogP contribution is -2.08. The van der Waals surface area contributed by atoms with Crippen LogP contribution in [0.25, 0.3) is 0 Å². The van der Waals surface area contributed by atoms with Crippen LogP contribution in [0.3, 0.4) is 0 Å². The topological polar surface area (TPSA) is 38.7 Å². The van der Waals surface area contributed by atoms with E-state index in [1.165, 1.54) is 0 Å². The Hall–Kier alpha value is 0.790. The highest BCUT2D eigenvalue weighted by Gasteiger charge is 2.40. The van der Waals surface area contributed by atoms with Crippen LogP contribution < -0.4 is 0 Å². The van der Waals surface area contributed by atoms with E-state index >= 15 is 0 Å². The number of hydrogen-bond acceptors (Lipinski definition) is 3. The zero-order valence-electron chi connectivity index (χ0n) is 4.21. The lowest BCUT2D eigenvalue weighted by atomic mass is 10.5. The van der Waals surface area contributed by atoms with E-state index in [-0.39, 0.29) is 0 Å². The minimum absolute atomic E-state index is 0.593. The molecule has 0 spiro atoms. The lowest BCUT2D eigenvalue weighted by molar-refractivity contribution is 0.138. The zero-order valence-corrected chi connectivity index (χ0v) is 6.69. The molecular formula is C3H7BrO3P+. The van der Waals surface area contributed by atoms with Crippen LogP contribution in [0.4, 0.5) is 0 Å². The summed E-state index contributed by atoms with van der Waals surface area (Å²) in [5.74, 6) is 0. The van der Waals surface area contributed by atoms with Gasteiger partial charge in [0.2, 0.25) is 15.5 Å². The number of rotatable bonds is 0. The van der Waals surface area contributed by atoms with E-state index in [0.29, 0.717) is 13.2 Å². The molecule has 0 aliphatic carbocycles. The molecule has 0 unspecified atom stereocenters. The van der Waals surface area contributed by atoms with Gasteiger partial charge in [0.15, 0.2) is 0 Å². The summed E-state index contributed by atoms with van der Waals surface area (Å²) in [5, 5.41) is 0. The Balaban J connectivity index is 2.33. The van der Waals surface area contributed by atoms with Crippen LogP contribution in [0.5, 0.6) is 0 Å². The van der Waals surface area contributed by atoms with Gasteiger partial charge in [-0.05, 0) is 0 Å². The van der Waals surface area contributed by atoms with Gasteiger partial charge in [-0.3, -0.25) is 0 Å². The van der Waals surface area contributed by atoms with Crippen LogP contribution in [0, 0.1) is 0 Å². The van der Waals surface area contributed by atoms with Crippen molar-refractivity contribution in [3.05, 3.63) is 0 Å². The first-order valence-corrected chi connectivity index (χ1v) is 5.91. The van der Waals surface area contributed by atoms with Crippen LogP contribution in [-0.4, -0.2) is 18.1 Å². The molecule has 1 rings (SSSR count). The van der Waals surface area contributed by atoms with E-state index in [0.717, 1.165) is 6.42 Å². The van der Waals surface area contributed by atoms with Gasteiger partial charge in [-0.2, -0.15) is 13.9 Å². The fourth-order valence-electron chi connectivity index (χ4n) is 0.450. The van der Waals surface area contributed by atoms with Gasteiger partial charge in [0.1, 0.15) is 13.2 Å². The Morgan fingerprint density at radius 3 is 2.12 bits per heavy atom. The van der Waals surface area contributed by atoms with Crippen molar-refractivity contribution >= 4 is 22.1 Å². The highest BCUT2D eigenvalue weighted by atomic mass is 79.9. The second-order valence-electron chi connectivity index (χ2n) is 1.47. The highest BCUT2D eigenvalue weighted by Crippen LogP contribution is 2.65. The first kappa shape index (κ1) is 6.90. The van der Waals surface area contributed by atoms with Gasteiger partial charge in [-0.15, -0.1) is 0 Å². The summed E-state index contributed by atoms with van der Waals surface area (Å²) in [5.41, 5.74) is 0. The molecule has 0 aromatic carbocycles. The summed E-state index contributed by atoms with van der Waals surface area (Å²) in [7, 11) is 0. The molecule has 0 radical (unpaired) electrons. The van der Waals surface area contributed by atoms with Crippen molar-refractivity contribution in [1.82, 2.24) is 0 Å². The third kappa shape index (κ3) is 1.96. The molecule has 1 aliphatic rings. The fraction of sp³-hybridized carbons (Fsp3) is 1.00. The Kier molecular flexibility index (Phi) is 2.23. The van der Waals surface area contributed by atoms with Crippen LogP contribution in [0.2, 0.25) is 0 Å². The molecule has 1 aliphatic heterocycles. The van der Waals surface area contributed by atoms with Crippen LogP contribution in [0.15, 0.2) is 0 Å². The molecule has 0 amide bonds. The standard InChI is InChI=1S/C3H7BrO3P/c4-8(5)6-2-1-3-7-8/h5H,1-3H2/q+1. The molecule has 1 saturated heterocycles. The van der Waals surface area contributed by atoms with Crippen molar-refractivity contribution in [2.45, 2.75) is 6.42 Å². The first-order valence-electron chi connectivity index (χ1n) is 2.31. The van der Waals surface area contributed by atoms with Crippen LogP contribution in [0.1, 0.15) is 6.42 Å². The monoisotopic (exact) mass is 201 g/mol. The average molecular weight is 202 g/mol. The summed E-state index contributed by atoms with van der Waals surface area (Å²) in [6, 6.07) is 0. The molecule has 0 saturated carbocycles. The Morgan fingerprint density at radius 1 is 1.38 bits per heavy atom. The maximum absolute atomic E-state index is 8.96. The molecule has 0 bridgehead atoms. The summed E-state index contributed by atoms with van der Waals surface area (Å²) in [6.07, 6.45) is 0.869. The molecule has 48 valence electrons. The highest BCUT2D eigenvalue weighted by molar-refractivity contribution is 9.40. The lowest BCUT2D eigenvalue weighted by Gasteiger charge is -2.13. The molecule has 0 aromatic rings. The number of halogens is 1. The molecule has 0 aromatic heterocycles. The SMILES string of the molecule is O[P+]1(Br)OCCCO1. The largest absolute Gasteiger partial charge is 0.485 e. The molecule has 3 nitrogen and oxygen atoms in total. The summed E-state index contributed by atoms with van der Waals surface area (Å²) in [6.45, 7) is -1.34. The average Bonchev–Trinajstić information content (AvgIpc) is 1.65. The van der Waals surface area contributed by atoms with Crippen molar-refractivity contribution in [2.24, 2.45) is 0 Å². The van der Waals surface area contributed by atoms with Gasteiger partial charge in [0.05, 0.1) is 0 Å². The minimum atomic E-state index is -2.52. The first-order chi connectivity index (χ1) is 3.71. The van der Waals surface area contributed by atoms with Crippen molar-refractivity contribution in [3.63, 3.8) is 0 Å². The van der Waals surface area contributed by atoms with Gasteiger partial charge >= 0.3 is 6.65 Å². The molecule has 1 fully saturated rings. The Bertz CT molecular complexity index is 78.6. The van der Waals surface area contributed by atoms with Crippen molar-refractivity contribution in [3.8, 4) is 0 Å². The zero-order chi connectivity index (χ0) is 6.04. The van der Waals surface area contributed by atoms with Gasteiger partial charge in [-0.1, -0.05) is 0 Å². The Labute approximate surface area is 56.3 Å². The summed E-state index contributed by atoms with van der Waals surface area (Å²) < 4.78 is 9.65. The summed E-state index contributed by atoms with van der Waals surface area (Å²) in [4.78, 5) is 8.96. The Morgan fingerprint density at radius 2 is 1.88 bits per heavy atom. The normalized spacial score (nSPS) is 27.8. The van der Waals surface area contributed by atoms with Gasteiger partial charge in [0, 0.05) is 6.42 Å². The predicted molar refractivity (Wildman–Crippen MR) is 34.6 cm³/mol. The van der Waals surface area contributed by atoms with Gasteiger partial charge < -0.3 is 0 Å². The van der Waals surface area contributed by atoms with E-state index in [4.69, 9.17) is 13.9 Å². The molecule has 0 atom stereocenters. The van der Waals surface area contributed by atoms with E-state index in [9.17, 15) is 0 Å². The van der Waals surface area contributed by atoms with Crippen LogP contribution >= 0.6 is 22.1 Å².